The molecule has 0 aromatic carbocycles. The lowest BCUT2D eigenvalue weighted by Crippen LogP contribution is -2.23. The van der Waals surface area contributed by atoms with Gasteiger partial charge in [-0.25, -0.2) is 4.98 Å². The van der Waals surface area contributed by atoms with Crippen molar-refractivity contribution in [1.82, 2.24) is 10.3 Å². The van der Waals surface area contributed by atoms with E-state index < -0.39 is 12.6 Å². The van der Waals surface area contributed by atoms with Crippen LogP contribution in [-0.4, -0.2) is 30.8 Å². The molecule has 0 aliphatic heterocycles. The monoisotopic (exact) mass is 321 g/mol. The second-order valence-corrected chi connectivity index (χ2v) is 6.96. The van der Waals surface area contributed by atoms with Gasteiger partial charge in [-0.1, -0.05) is 13.8 Å². The van der Waals surface area contributed by atoms with Crippen LogP contribution in [0.2, 0.25) is 0 Å². The summed E-state index contributed by atoms with van der Waals surface area (Å²) in [6, 6.07) is 0.610. The van der Waals surface area contributed by atoms with Crippen molar-refractivity contribution in [2.45, 2.75) is 57.8 Å². The molecule has 1 N–H and O–H groups in total. The molecule has 120 valence electrons. The molecule has 0 amide bonds. The van der Waals surface area contributed by atoms with E-state index in [2.05, 4.69) is 24.1 Å². The molecular formula is C14H22F3N3S. The highest BCUT2D eigenvalue weighted by molar-refractivity contribution is 7.15. The molecule has 1 aromatic heterocycles. The van der Waals surface area contributed by atoms with E-state index in [9.17, 15) is 13.2 Å². The van der Waals surface area contributed by atoms with Crippen LogP contribution in [0.15, 0.2) is 0 Å². The minimum Gasteiger partial charge on any atom is -0.351 e. The van der Waals surface area contributed by atoms with E-state index in [1.54, 1.807) is 11.9 Å². The van der Waals surface area contributed by atoms with Crippen LogP contribution < -0.4 is 10.2 Å². The Morgan fingerprint density at radius 2 is 2.05 bits per heavy atom. The van der Waals surface area contributed by atoms with Gasteiger partial charge < -0.3 is 10.2 Å². The third-order valence-corrected chi connectivity index (χ3v) is 4.63. The lowest BCUT2D eigenvalue weighted by molar-refractivity contribution is -0.132. The minimum atomic E-state index is -4.12. The summed E-state index contributed by atoms with van der Waals surface area (Å²) in [6.07, 6.45) is -2.50. The number of hydrogen-bond donors (Lipinski definition) is 1. The summed E-state index contributed by atoms with van der Waals surface area (Å²) in [5, 5.41) is 4.12. The fourth-order valence-electron chi connectivity index (χ4n) is 2.01. The fourth-order valence-corrected chi connectivity index (χ4v) is 3.16. The Bertz CT molecular complexity index is 467. The van der Waals surface area contributed by atoms with Crippen LogP contribution in [0.5, 0.6) is 0 Å². The average Bonchev–Trinajstić information content (AvgIpc) is 3.10. The lowest BCUT2D eigenvalue weighted by atomic mass is 10.1. The molecule has 0 spiro atoms. The fraction of sp³-hybridized carbons (Fsp3) is 0.786. The van der Waals surface area contributed by atoms with Gasteiger partial charge in [-0.3, -0.25) is 0 Å². The number of thiazole rings is 1. The van der Waals surface area contributed by atoms with Gasteiger partial charge in [0.2, 0.25) is 0 Å². The predicted molar refractivity (Wildman–Crippen MR) is 80.0 cm³/mol. The molecule has 21 heavy (non-hydrogen) atoms. The number of anilines is 1. The summed E-state index contributed by atoms with van der Waals surface area (Å²) in [6.45, 7) is 4.84. The summed E-state index contributed by atoms with van der Waals surface area (Å²) in [5.74, 6) is 0.280. The quantitative estimate of drug-likeness (QED) is 0.825. The van der Waals surface area contributed by atoms with Crippen molar-refractivity contribution >= 4 is 16.5 Å². The van der Waals surface area contributed by atoms with E-state index in [4.69, 9.17) is 0 Å². The summed E-state index contributed by atoms with van der Waals surface area (Å²) in [5.41, 5.74) is 1.00. The van der Waals surface area contributed by atoms with Gasteiger partial charge >= 0.3 is 6.18 Å². The number of halogens is 3. The Kier molecular flexibility index (Phi) is 5.14. The summed E-state index contributed by atoms with van der Waals surface area (Å²) < 4.78 is 36.9. The number of alkyl halides is 3. The van der Waals surface area contributed by atoms with E-state index in [-0.39, 0.29) is 12.5 Å². The molecule has 7 heteroatoms. The second-order valence-electron chi connectivity index (χ2n) is 5.90. The first-order valence-electron chi connectivity index (χ1n) is 7.27. The third kappa shape index (κ3) is 5.14. The smallest absolute Gasteiger partial charge is 0.351 e. The molecule has 1 aliphatic carbocycles. The van der Waals surface area contributed by atoms with Crippen molar-refractivity contribution in [2.75, 3.05) is 18.5 Å². The minimum absolute atomic E-state index is 0.0515. The molecule has 0 saturated heterocycles. The Morgan fingerprint density at radius 1 is 1.38 bits per heavy atom. The molecule has 1 heterocycles. The highest BCUT2D eigenvalue weighted by Gasteiger charge is 2.28. The van der Waals surface area contributed by atoms with Crippen LogP contribution in [0, 0.1) is 0 Å². The average molecular weight is 321 g/mol. The zero-order valence-electron chi connectivity index (χ0n) is 12.6. The summed E-state index contributed by atoms with van der Waals surface area (Å²) >= 11 is 1.50. The van der Waals surface area contributed by atoms with Gasteiger partial charge in [0, 0.05) is 31.1 Å². The Hall–Kier alpha value is -0.820. The van der Waals surface area contributed by atoms with Crippen molar-refractivity contribution in [3.05, 3.63) is 10.6 Å². The number of nitrogens with zero attached hydrogens (tertiary/aromatic N) is 2. The Morgan fingerprint density at radius 3 is 2.57 bits per heavy atom. The number of aromatic nitrogens is 1. The first-order valence-corrected chi connectivity index (χ1v) is 8.09. The van der Waals surface area contributed by atoms with E-state index in [1.807, 2.05) is 0 Å². The number of hydrogen-bond acceptors (Lipinski definition) is 4. The van der Waals surface area contributed by atoms with Crippen LogP contribution in [-0.2, 0) is 6.54 Å². The van der Waals surface area contributed by atoms with Crippen molar-refractivity contribution in [3.8, 4) is 0 Å². The molecule has 0 unspecified atom stereocenters. The molecule has 1 fully saturated rings. The molecule has 1 saturated carbocycles. The molecule has 1 aromatic rings. The first kappa shape index (κ1) is 16.5. The molecule has 0 radical (unpaired) electrons. The SMILES string of the molecule is CC(C)c1nc(N(C)CCC(F)(F)F)sc1CNC1CC1. The standard InChI is InChI=1S/C14H22F3N3S/c1-9(2)12-11(8-18-10-4-5-10)21-13(19-12)20(3)7-6-14(15,16)17/h9-10,18H,4-8H2,1-3H3. The van der Waals surface area contributed by atoms with E-state index >= 15 is 0 Å². The predicted octanol–water partition coefficient (Wildman–Crippen LogP) is 3.91. The van der Waals surface area contributed by atoms with Crippen molar-refractivity contribution < 1.29 is 13.2 Å². The van der Waals surface area contributed by atoms with Gasteiger partial charge in [0.1, 0.15) is 0 Å². The van der Waals surface area contributed by atoms with Crippen molar-refractivity contribution in [1.29, 1.82) is 0 Å². The van der Waals surface area contributed by atoms with Crippen LogP contribution in [0.1, 0.15) is 49.6 Å². The zero-order valence-corrected chi connectivity index (χ0v) is 13.4. The maximum Gasteiger partial charge on any atom is 0.390 e. The third-order valence-electron chi connectivity index (χ3n) is 3.45. The largest absolute Gasteiger partial charge is 0.390 e. The zero-order chi connectivity index (χ0) is 15.6. The van der Waals surface area contributed by atoms with Gasteiger partial charge in [0.15, 0.2) is 5.13 Å². The summed E-state index contributed by atoms with van der Waals surface area (Å²) in [7, 11) is 1.67. The van der Waals surface area contributed by atoms with Gasteiger partial charge in [0.25, 0.3) is 0 Å². The second kappa shape index (κ2) is 6.52. The van der Waals surface area contributed by atoms with E-state index in [1.165, 1.54) is 24.2 Å². The topological polar surface area (TPSA) is 28.2 Å². The first-order chi connectivity index (χ1) is 9.76. The molecule has 1 aliphatic rings. The molecule has 2 rings (SSSR count). The Labute approximate surface area is 127 Å². The highest BCUT2D eigenvalue weighted by atomic mass is 32.1. The van der Waals surface area contributed by atoms with Crippen LogP contribution in [0.4, 0.5) is 18.3 Å². The van der Waals surface area contributed by atoms with Gasteiger partial charge in [0.05, 0.1) is 12.1 Å². The normalized spacial score (nSPS) is 15.8. The van der Waals surface area contributed by atoms with E-state index in [0.29, 0.717) is 11.2 Å². The van der Waals surface area contributed by atoms with Crippen LogP contribution in [0.3, 0.4) is 0 Å². The van der Waals surface area contributed by atoms with Crippen LogP contribution >= 0.6 is 11.3 Å². The maximum absolute atomic E-state index is 12.3. The molecule has 3 nitrogen and oxygen atoms in total. The number of nitrogens with one attached hydrogen (secondary N) is 1. The maximum atomic E-state index is 12.3. The van der Waals surface area contributed by atoms with Crippen molar-refractivity contribution in [3.63, 3.8) is 0 Å². The van der Waals surface area contributed by atoms with Gasteiger partial charge in [-0.15, -0.1) is 11.3 Å². The van der Waals surface area contributed by atoms with E-state index in [0.717, 1.165) is 17.1 Å². The molecular weight excluding hydrogens is 299 g/mol. The van der Waals surface area contributed by atoms with Gasteiger partial charge in [-0.2, -0.15) is 13.2 Å². The Balaban J connectivity index is 2.02. The van der Waals surface area contributed by atoms with Gasteiger partial charge in [-0.05, 0) is 18.8 Å². The van der Waals surface area contributed by atoms with Crippen LogP contribution in [0.25, 0.3) is 0 Å². The number of rotatable bonds is 7. The molecule has 0 bridgehead atoms. The highest BCUT2D eigenvalue weighted by Crippen LogP contribution is 2.32. The molecule has 0 atom stereocenters. The summed E-state index contributed by atoms with van der Waals surface area (Å²) in [4.78, 5) is 7.29. The van der Waals surface area contributed by atoms with Crippen molar-refractivity contribution in [2.24, 2.45) is 0 Å². The lowest BCUT2D eigenvalue weighted by Gasteiger charge is -2.16.